The van der Waals surface area contributed by atoms with Gasteiger partial charge in [-0.3, -0.25) is 4.68 Å². The van der Waals surface area contributed by atoms with Crippen molar-refractivity contribution < 1.29 is 9.84 Å². The number of hydrogen-bond acceptors (Lipinski definition) is 4. The highest BCUT2D eigenvalue weighted by molar-refractivity contribution is 4.95. The summed E-state index contributed by atoms with van der Waals surface area (Å²) in [4.78, 5) is 4.11. The Balaban J connectivity index is 2.05. The maximum atomic E-state index is 10.2. The third-order valence-corrected chi connectivity index (χ3v) is 2.72. The maximum absolute atomic E-state index is 10.2. The van der Waals surface area contributed by atoms with Crippen molar-refractivity contribution in [3.8, 4) is 0 Å². The van der Waals surface area contributed by atoms with E-state index in [9.17, 15) is 5.11 Å². The van der Waals surface area contributed by atoms with Crippen LogP contribution in [0.3, 0.4) is 0 Å². The molecular weight excluding hydrogens is 182 g/mol. The second-order valence-corrected chi connectivity index (χ2v) is 3.81. The summed E-state index contributed by atoms with van der Waals surface area (Å²) in [5, 5.41) is 14.2. The van der Waals surface area contributed by atoms with E-state index in [1.165, 1.54) is 6.33 Å². The predicted molar refractivity (Wildman–Crippen MR) is 49.7 cm³/mol. The minimum Gasteiger partial charge on any atom is -0.389 e. The molecule has 1 aliphatic heterocycles. The number of ether oxygens (including phenoxy) is 1. The molecule has 1 fully saturated rings. The van der Waals surface area contributed by atoms with Crippen LogP contribution in [0.15, 0.2) is 6.33 Å². The predicted octanol–water partition coefficient (Wildman–Crippen LogP) is -0.101. The summed E-state index contributed by atoms with van der Waals surface area (Å²) in [6.07, 6.45) is 3.44. The fourth-order valence-corrected chi connectivity index (χ4v) is 1.70. The van der Waals surface area contributed by atoms with Crippen LogP contribution in [-0.4, -0.2) is 38.7 Å². The van der Waals surface area contributed by atoms with Crippen LogP contribution in [-0.2, 0) is 18.2 Å². The first-order valence-electron chi connectivity index (χ1n) is 4.83. The van der Waals surface area contributed by atoms with Gasteiger partial charge in [-0.1, -0.05) is 0 Å². The van der Waals surface area contributed by atoms with Crippen molar-refractivity contribution in [1.82, 2.24) is 14.8 Å². The highest BCUT2D eigenvalue weighted by Gasteiger charge is 2.31. The molecule has 0 aliphatic carbocycles. The first-order valence-corrected chi connectivity index (χ1v) is 4.83. The average Bonchev–Trinajstić information content (AvgIpc) is 2.52. The van der Waals surface area contributed by atoms with Gasteiger partial charge in [-0.05, 0) is 0 Å². The van der Waals surface area contributed by atoms with Crippen LogP contribution >= 0.6 is 0 Å². The van der Waals surface area contributed by atoms with Crippen LogP contribution < -0.4 is 0 Å². The largest absolute Gasteiger partial charge is 0.389 e. The minimum absolute atomic E-state index is 0.562. The third-order valence-electron chi connectivity index (χ3n) is 2.72. The first-order chi connectivity index (χ1) is 6.70. The van der Waals surface area contributed by atoms with Crippen molar-refractivity contribution in [2.24, 2.45) is 7.05 Å². The van der Waals surface area contributed by atoms with Gasteiger partial charge < -0.3 is 9.84 Å². The lowest BCUT2D eigenvalue weighted by molar-refractivity contribution is -0.0640. The van der Waals surface area contributed by atoms with E-state index in [-0.39, 0.29) is 0 Å². The van der Waals surface area contributed by atoms with Gasteiger partial charge in [0.25, 0.3) is 0 Å². The van der Waals surface area contributed by atoms with Gasteiger partial charge in [0.15, 0.2) is 0 Å². The van der Waals surface area contributed by atoms with Crippen LogP contribution in [0.4, 0.5) is 0 Å². The molecule has 78 valence electrons. The summed E-state index contributed by atoms with van der Waals surface area (Å²) in [5.41, 5.74) is -0.654. The maximum Gasteiger partial charge on any atom is 0.138 e. The van der Waals surface area contributed by atoms with E-state index in [4.69, 9.17) is 4.74 Å². The molecule has 5 nitrogen and oxygen atoms in total. The number of rotatable bonds is 2. The van der Waals surface area contributed by atoms with Crippen LogP contribution in [0.1, 0.15) is 18.7 Å². The Morgan fingerprint density at radius 2 is 2.29 bits per heavy atom. The Hall–Kier alpha value is -0.940. The van der Waals surface area contributed by atoms with E-state index in [0.717, 1.165) is 5.82 Å². The summed E-state index contributed by atoms with van der Waals surface area (Å²) in [7, 11) is 1.84. The van der Waals surface area contributed by atoms with Crippen molar-refractivity contribution in [3.63, 3.8) is 0 Å². The number of aliphatic hydroxyl groups is 1. The molecule has 1 aromatic rings. The smallest absolute Gasteiger partial charge is 0.138 e. The lowest BCUT2D eigenvalue weighted by Gasteiger charge is -2.31. The van der Waals surface area contributed by atoms with Crippen molar-refractivity contribution in [2.75, 3.05) is 13.2 Å². The van der Waals surface area contributed by atoms with Crippen molar-refractivity contribution >= 4 is 0 Å². The zero-order valence-corrected chi connectivity index (χ0v) is 8.31. The van der Waals surface area contributed by atoms with Gasteiger partial charge in [0.2, 0.25) is 0 Å². The number of aryl methyl sites for hydroxylation is 1. The quantitative estimate of drug-likeness (QED) is 0.719. The molecule has 0 atom stereocenters. The zero-order chi connectivity index (χ0) is 10.0. The number of nitrogens with zero attached hydrogens (tertiary/aromatic N) is 3. The molecule has 14 heavy (non-hydrogen) atoms. The summed E-state index contributed by atoms with van der Waals surface area (Å²) in [6, 6.07) is 0. The van der Waals surface area contributed by atoms with Gasteiger partial charge >= 0.3 is 0 Å². The molecule has 0 amide bonds. The van der Waals surface area contributed by atoms with Crippen LogP contribution in [0.25, 0.3) is 0 Å². The number of aromatic nitrogens is 3. The van der Waals surface area contributed by atoms with Gasteiger partial charge in [-0.25, -0.2) is 4.98 Å². The molecular formula is C9H15N3O2. The Kier molecular flexibility index (Phi) is 2.52. The molecule has 0 aromatic carbocycles. The molecule has 1 N–H and O–H groups in total. The van der Waals surface area contributed by atoms with E-state index >= 15 is 0 Å². The fraction of sp³-hybridized carbons (Fsp3) is 0.778. The van der Waals surface area contributed by atoms with Crippen molar-refractivity contribution in [3.05, 3.63) is 12.2 Å². The van der Waals surface area contributed by atoms with E-state index in [1.807, 2.05) is 7.05 Å². The number of hydrogen-bond donors (Lipinski definition) is 1. The highest BCUT2D eigenvalue weighted by Crippen LogP contribution is 2.23. The van der Waals surface area contributed by atoms with Crippen molar-refractivity contribution in [2.45, 2.75) is 24.9 Å². The molecule has 1 aliphatic rings. The Labute approximate surface area is 82.7 Å². The second-order valence-electron chi connectivity index (χ2n) is 3.81. The topological polar surface area (TPSA) is 60.2 Å². The molecule has 0 radical (unpaired) electrons. The Morgan fingerprint density at radius 1 is 1.57 bits per heavy atom. The SMILES string of the molecule is Cn1ncnc1CC1(O)CCOCC1. The Bertz CT molecular complexity index is 305. The van der Waals surface area contributed by atoms with E-state index < -0.39 is 5.60 Å². The molecule has 0 unspecified atom stereocenters. The molecule has 0 spiro atoms. The lowest BCUT2D eigenvalue weighted by atomic mass is 9.90. The fourth-order valence-electron chi connectivity index (χ4n) is 1.70. The summed E-state index contributed by atoms with van der Waals surface area (Å²) >= 11 is 0. The molecule has 5 heteroatoms. The summed E-state index contributed by atoms with van der Waals surface area (Å²) in [6.45, 7) is 1.27. The van der Waals surface area contributed by atoms with E-state index in [2.05, 4.69) is 10.1 Å². The van der Waals surface area contributed by atoms with Crippen LogP contribution in [0, 0.1) is 0 Å². The van der Waals surface area contributed by atoms with Gasteiger partial charge in [-0.2, -0.15) is 5.10 Å². The van der Waals surface area contributed by atoms with E-state index in [0.29, 0.717) is 32.5 Å². The molecule has 0 saturated carbocycles. The second kappa shape index (κ2) is 3.67. The molecule has 2 rings (SSSR count). The van der Waals surface area contributed by atoms with Gasteiger partial charge in [0.1, 0.15) is 12.2 Å². The highest BCUT2D eigenvalue weighted by atomic mass is 16.5. The molecule has 1 aromatic heterocycles. The summed E-state index contributed by atoms with van der Waals surface area (Å²) in [5.74, 6) is 0.828. The lowest BCUT2D eigenvalue weighted by Crippen LogP contribution is -2.38. The van der Waals surface area contributed by atoms with Crippen LogP contribution in [0.2, 0.25) is 0 Å². The summed E-state index contributed by atoms with van der Waals surface area (Å²) < 4.78 is 6.91. The Morgan fingerprint density at radius 3 is 2.86 bits per heavy atom. The molecule has 2 heterocycles. The van der Waals surface area contributed by atoms with E-state index in [1.54, 1.807) is 4.68 Å². The van der Waals surface area contributed by atoms with Gasteiger partial charge in [-0.15, -0.1) is 0 Å². The normalized spacial score (nSPS) is 21.0. The standard InChI is InChI=1S/C9H15N3O2/c1-12-8(10-7-11-12)6-9(13)2-4-14-5-3-9/h7,13H,2-6H2,1H3. The zero-order valence-electron chi connectivity index (χ0n) is 8.31. The molecule has 0 bridgehead atoms. The van der Waals surface area contributed by atoms with Crippen LogP contribution in [0.5, 0.6) is 0 Å². The molecule has 1 saturated heterocycles. The van der Waals surface area contributed by atoms with Gasteiger partial charge in [0.05, 0.1) is 5.60 Å². The average molecular weight is 197 g/mol. The third kappa shape index (κ3) is 1.93. The monoisotopic (exact) mass is 197 g/mol. The minimum atomic E-state index is -0.654. The van der Waals surface area contributed by atoms with Crippen molar-refractivity contribution in [1.29, 1.82) is 0 Å². The first kappa shape index (κ1) is 9.61. The van der Waals surface area contributed by atoms with Gasteiger partial charge in [0, 0.05) is 39.5 Å².